The third-order valence-corrected chi connectivity index (χ3v) is 4.70. The fraction of sp³-hybridized carbons (Fsp3) is 0.889. The Balaban J connectivity index is 2.99. The van der Waals surface area contributed by atoms with Crippen LogP contribution in [0.1, 0.15) is 6.42 Å². The maximum Gasteiger partial charge on any atom is 0.324 e. The van der Waals surface area contributed by atoms with Gasteiger partial charge in [0, 0.05) is 34.2 Å². The number of hydrogen-bond donors (Lipinski definition) is 0. The maximum atomic E-state index is 12.0. The summed E-state index contributed by atoms with van der Waals surface area (Å²) in [4.78, 5) is 11.6. The minimum Gasteiger partial charge on any atom is -0.468 e. The van der Waals surface area contributed by atoms with E-state index in [1.54, 1.807) is 0 Å². The number of rotatable bonds is 4. The van der Waals surface area contributed by atoms with Crippen LogP contribution in [0.2, 0.25) is 0 Å². The summed E-state index contributed by atoms with van der Waals surface area (Å²) >= 11 is 0. The number of carbonyl (C=O) groups excluding carboxylic acids is 1. The predicted molar refractivity (Wildman–Crippen MR) is 60.5 cm³/mol. The number of esters is 1. The van der Waals surface area contributed by atoms with Crippen LogP contribution in [-0.2, 0) is 24.5 Å². The number of methoxy groups -OCH3 is 2. The highest BCUT2D eigenvalue weighted by Gasteiger charge is 2.45. The van der Waals surface area contributed by atoms with Gasteiger partial charge in [-0.3, -0.25) is 4.79 Å². The molecule has 1 fully saturated rings. The lowest BCUT2D eigenvalue weighted by Crippen LogP contribution is -2.46. The molecule has 0 amide bonds. The van der Waals surface area contributed by atoms with E-state index in [1.165, 1.54) is 28.3 Å². The maximum absolute atomic E-state index is 12.0. The van der Waals surface area contributed by atoms with E-state index in [4.69, 9.17) is 4.74 Å². The van der Waals surface area contributed by atoms with Crippen molar-refractivity contribution in [2.45, 2.75) is 18.6 Å². The first-order chi connectivity index (χ1) is 7.84. The summed E-state index contributed by atoms with van der Waals surface area (Å²) in [5, 5.41) is 0. The van der Waals surface area contributed by atoms with E-state index in [-0.39, 0.29) is 12.6 Å². The molecule has 1 aliphatic rings. The molecule has 0 bridgehead atoms. The summed E-state index contributed by atoms with van der Waals surface area (Å²) in [6, 6.07) is -0.808. The molecule has 0 radical (unpaired) electrons. The normalized spacial score (nSPS) is 26.4. The second-order valence-electron chi connectivity index (χ2n) is 3.99. The highest BCUT2D eigenvalue weighted by atomic mass is 32.2. The first kappa shape index (κ1) is 14.4. The molecule has 1 saturated heterocycles. The predicted octanol–water partition coefficient (Wildman–Crippen LogP) is -0.945. The standard InChI is InChI=1S/C9H18N2O5S/c1-10(2)17(13,14)11-6-7(15-3)5-8(11)9(12)16-4/h7-8H,5-6H2,1-4H3. The molecular formula is C9H18N2O5S. The van der Waals surface area contributed by atoms with Gasteiger partial charge in [0.05, 0.1) is 13.2 Å². The van der Waals surface area contributed by atoms with E-state index < -0.39 is 22.2 Å². The average molecular weight is 266 g/mol. The van der Waals surface area contributed by atoms with Gasteiger partial charge in [-0.25, -0.2) is 0 Å². The van der Waals surface area contributed by atoms with Crippen LogP contribution >= 0.6 is 0 Å². The van der Waals surface area contributed by atoms with Crippen LogP contribution in [0.25, 0.3) is 0 Å². The van der Waals surface area contributed by atoms with Crippen molar-refractivity contribution in [1.82, 2.24) is 8.61 Å². The van der Waals surface area contributed by atoms with E-state index >= 15 is 0 Å². The Labute approximate surface area is 101 Å². The summed E-state index contributed by atoms with van der Waals surface area (Å²) in [6.07, 6.45) is 0.0322. The number of nitrogens with zero attached hydrogens (tertiary/aromatic N) is 2. The Morgan fingerprint density at radius 3 is 2.35 bits per heavy atom. The van der Waals surface area contributed by atoms with Gasteiger partial charge in [-0.1, -0.05) is 0 Å². The summed E-state index contributed by atoms with van der Waals surface area (Å²) in [5.41, 5.74) is 0. The molecule has 2 unspecified atom stereocenters. The van der Waals surface area contributed by atoms with Gasteiger partial charge >= 0.3 is 5.97 Å². The highest BCUT2D eigenvalue weighted by Crippen LogP contribution is 2.25. The van der Waals surface area contributed by atoms with Gasteiger partial charge in [-0.2, -0.15) is 17.0 Å². The van der Waals surface area contributed by atoms with Crippen LogP contribution < -0.4 is 0 Å². The Kier molecular flexibility index (Phi) is 4.48. The lowest BCUT2D eigenvalue weighted by molar-refractivity contribution is -0.144. The van der Waals surface area contributed by atoms with Crippen LogP contribution in [0.5, 0.6) is 0 Å². The van der Waals surface area contributed by atoms with E-state index in [0.717, 1.165) is 8.61 Å². The van der Waals surface area contributed by atoms with E-state index in [1.807, 2.05) is 0 Å². The van der Waals surface area contributed by atoms with Crippen LogP contribution in [0.4, 0.5) is 0 Å². The Morgan fingerprint density at radius 2 is 1.94 bits per heavy atom. The minimum absolute atomic E-state index is 0.163. The molecule has 8 heteroatoms. The van der Waals surface area contributed by atoms with Gasteiger partial charge in [0.2, 0.25) is 0 Å². The fourth-order valence-electron chi connectivity index (χ4n) is 1.75. The Hall–Kier alpha value is -0.700. The lowest BCUT2D eigenvalue weighted by Gasteiger charge is -2.24. The zero-order valence-electron chi connectivity index (χ0n) is 10.4. The Bertz CT molecular complexity index is 381. The van der Waals surface area contributed by atoms with Crippen LogP contribution in [0.3, 0.4) is 0 Å². The van der Waals surface area contributed by atoms with E-state index in [9.17, 15) is 13.2 Å². The van der Waals surface area contributed by atoms with Crippen molar-refractivity contribution >= 4 is 16.2 Å². The molecule has 100 valence electrons. The number of hydrogen-bond acceptors (Lipinski definition) is 5. The first-order valence-electron chi connectivity index (χ1n) is 5.14. The van der Waals surface area contributed by atoms with Crippen molar-refractivity contribution in [2.24, 2.45) is 0 Å². The molecule has 1 aliphatic heterocycles. The molecule has 0 N–H and O–H groups in total. The molecule has 1 rings (SSSR count). The fourth-order valence-corrected chi connectivity index (χ4v) is 3.02. The van der Waals surface area contributed by atoms with E-state index in [0.29, 0.717) is 6.42 Å². The Morgan fingerprint density at radius 1 is 1.35 bits per heavy atom. The monoisotopic (exact) mass is 266 g/mol. The smallest absolute Gasteiger partial charge is 0.324 e. The molecular weight excluding hydrogens is 248 g/mol. The van der Waals surface area contributed by atoms with Crippen molar-refractivity contribution in [3.63, 3.8) is 0 Å². The molecule has 17 heavy (non-hydrogen) atoms. The minimum atomic E-state index is -3.64. The lowest BCUT2D eigenvalue weighted by atomic mass is 10.2. The third-order valence-electron chi connectivity index (χ3n) is 2.78. The molecule has 1 heterocycles. The topological polar surface area (TPSA) is 76.1 Å². The van der Waals surface area contributed by atoms with Crippen LogP contribution in [0, 0.1) is 0 Å². The van der Waals surface area contributed by atoms with Gasteiger partial charge in [0.15, 0.2) is 0 Å². The van der Waals surface area contributed by atoms with Gasteiger partial charge in [-0.05, 0) is 0 Å². The van der Waals surface area contributed by atoms with Crippen molar-refractivity contribution in [3.8, 4) is 0 Å². The SMILES string of the molecule is COC(=O)C1CC(OC)CN1S(=O)(=O)N(C)C. The molecule has 0 aromatic heterocycles. The number of carbonyl (C=O) groups is 1. The molecule has 0 aliphatic carbocycles. The molecule has 0 aromatic rings. The second kappa shape index (κ2) is 5.30. The average Bonchev–Trinajstić information content (AvgIpc) is 2.72. The summed E-state index contributed by atoms with van der Waals surface area (Å²) in [7, 11) is 1.93. The van der Waals surface area contributed by atoms with Crippen molar-refractivity contribution in [1.29, 1.82) is 0 Å². The summed E-state index contributed by atoms with van der Waals surface area (Å²) < 4.78 is 35.9. The van der Waals surface area contributed by atoms with Crippen molar-refractivity contribution in [2.75, 3.05) is 34.9 Å². The molecule has 0 aromatic carbocycles. The van der Waals surface area contributed by atoms with Gasteiger partial charge < -0.3 is 9.47 Å². The molecule has 0 saturated carbocycles. The summed E-state index contributed by atoms with van der Waals surface area (Å²) in [6.45, 7) is 0.163. The largest absolute Gasteiger partial charge is 0.468 e. The zero-order valence-corrected chi connectivity index (χ0v) is 11.2. The van der Waals surface area contributed by atoms with Crippen molar-refractivity contribution < 1.29 is 22.7 Å². The van der Waals surface area contributed by atoms with Gasteiger partial charge in [-0.15, -0.1) is 0 Å². The number of ether oxygens (including phenoxy) is 2. The molecule has 0 spiro atoms. The van der Waals surface area contributed by atoms with Crippen molar-refractivity contribution in [3.05, 3.63) is 0 Å². The quantitative estimate of drug-likeness (QED) is 0.614. The molecule has 2 atom stereocenters. The second-order valence-corrected chi connectivity index (χ2v) is 6.09. The van der Waals surface area contributed by atoms with Gasteiger partial charge in [0.25, 0.3) is 10.2 Å². The van der Waals surface area contributed by atoms with Crippen LogP contribution in [0.15, 0.2) is 0 Å². The van der Waals surface area contributed by atoms with Crippen LogP contribution in [-0.4, -0.2) is 70.0 Å². The van der Waals surface area contributed by atoms with E-state index in [2.05, 4.69) is 4.74 Å². The summed E-state index contributed by atoms with van der Waals surface area (Å²) in [5.74, 6) is -0.560. The third kappa shape index (κ3) is 2.76. The highest BCUT2D eigenvalue weighted by molar-refractivity contribution is 7.86. The zero-order chi connectivity index (χ0) is 13.2. The first-order valence-corrected chi connectivity index (χ1v) is 6.54. The van der Waals surface area contributed by atoms with Gasteiger partial charge in [0.1, 0.15) is 6.04 Å². The molecule has 7 nitrogen and oxygen atoms in total.